The van der Waals surface area contributed by atoms with E-state index in [-0.39, 0.29) is 0 Å². The van der Waals surface area contributed by atoms with Gasteiger partial charge in [0, 0.05) is 0 Å². The predicted molar refractivity (Wildman–Crippen MR) is 43.6 cm³/mol. The molecular weight excluding hydrogens is 158 g/mol. The Morgan fingerprint density at radius 3 is 2.50 bits per heavy atom. The molecule has 70 valence electrons. The minimum absolute atomic E-state index is 0.367. The van der Waals surface area contributed by atoms with Crippen molar-refractivity contribution in [3.63, 3.8) is 0 Å². The average Bonchev–Trinajstić information content (AvgIpc) is 1.96. The van der Waals surface area contributed by atoms with Gasteiger partial charge >= 0.3 is 5.97 Å². The van der Waals surface area contributed by atoms with E-state index < -0.39 is 17.6 Å². The lowest BCUT2D eigenvalue weighted by Gasteiger charge is -2.37. The van der Waals surface area contributed by atoms with Gasteiger partial charge in [0.1, 0.15) is 6.04 Å². The quantitative estimate of drug-likeness (QED) is 0.562. The fourth-order valence-electron chi connectivity index (χ4n) is 1.38. The molecule has 0 bridgehead atoms. The fourth-order valence-corrected chi connectivity index (χ4v) is 1.38. The Balaban J connectivity index is 2.20. The van der Waals surface area contributed by atoms with Crippen LogP contribution >= 0.6 is 0 Å². The molecule has 4 N–H and O–H groups in total. The van der Waals surface area contributed by atoms with E-state index in [4.69, 9.17) is 10.8 Å². The second-order valence-corrected chi connectivity index (χ2v) is 3.56. The second kappa shape index (κ2) is 3.41. The van der Waals surface area contributed by atoms with Gasteiger partial charge in [-0.2, -0.15) is 0 Å². The molecule has 1 rings (SSSR count). The number of carboxylic acid groups (broad SMARTS) is 1. The zero-order valence-corrected chi connectivity index (χ0v) is 6.99. The largest absolute Gasteiger partial charge is 0.480 e. The highest BCUT2D eigenvalue weighted by Gasteiger charge is 2.34. The van der Waals surface area contributed by atoms with Gasteiger partial charge in [-0.25, -0.2) is 0 Å². The molecule has 0 heterocycles. The summed E-state index contributed by atoms with van der Waals surface area (Å²) in [4.78, 5) is 10.3. The van der Waals surface area contributed by atoms with E-state index in [1.165, 1.54) is 0 Å². The van der Waals surface area contributed by atoms with Crippen LogP contribution in [-0.4, -0.2) is 27.8 Å². The molecule has 0 aromatic heterocycles. The van der Waals surface area contributed by atoms with Crippen molar-refractivity contribution in [1.29, 1.82) is 0 Å². The standard InChI is InChI=1S/C8H15NO3/c9-6(7(10)11)2-5-8(12)3-1-4-8/h6,12H,1-5,9H2,(H,10,11). The van der Waals surface area contributed by atoms with Crippen molar-refractivity contribution in [2.75, 3.05) is 0 Å². The van der Waals surface area contributed by atoms with Crippen LogP contribution in [0, 0.1) is 0 Å². The highest BCUT2D eigenvalue weighted by atomic mass is 16.4. The molecule has 0 aromatic rings. The molecule has 0 aliphatic heterocycles. The summed E-state index contributed by atoms with van der Waals surface area (Å²) < 4.78 is 0. The van der Waals surface area contributed by atoms with E-state index in [0.29, 0.717) is 12.8 Å². The van der Waals surface area contributed by atoms with Crippen LogP contribution in [0.3, 0.4) is 0 Å². The number of nitrogens with two attached hydrogens (primary N) is 1. The maximum Gasteiger partial charge on any atom is 0.320 e. The minimum Gasteiger partial charge on any atom is -0.480 e. The van der Waals surface area contributed by atoms with E-state index in [1.54, 1.807) is 0 Å². The van der Waals surface area contributed by atoms with Gasteiger partial charge in [-0.05, 0) is 32.1 Å². The maximum atomic E-state index is 10.3. The fraction of sp³-hybridized carbons (Fsp3) is 0.875. The van der Waals surface area contributed by atoms with Gasteiger partial charge in [0.25, 0.3) is 0 Å². The molecule has 4 heteroatoms. The molecule has 1 fully saturated rings. The third-order valence-corrected chi connectivity index (χ3v) is 2.52. The number of hydrogen-bond donors (Lipinski definition) is 3. The lowest BCUT2D eigenvalue weighted by atomic mass is 9.76. The normalized spacial score (nSPS) is 22.8. The van der Waals surface area contributed by atoms with Crippen molar-refractivity contribution in [2.24, 2.45) is 5.73 Å². The highest BCUT2D eigenvalue weighted by molar-refractivity contribution is 5.72. The van der Waals surface area contributed by atoms with Crippen molar-refractivity contribution < 1.29 is 15.0 Å². The molecule has 0 saturated heterocycles. The van der Waals surface area contributed by atoms with Gasteiger partial charge in [0.05, 0.1) is 5.60 Å². The maximum absolute atomic E-state index is 10.3. The SMILES string of the molecule is NC(CCC1(O)CCC1)C(=O)O. The van der Waals surface area contributed by atoms with Crippen LogP contribution in [0.15, 0.2) is 0 Å². The Kier molecular flexibility index (Phi) is 2.69. The van der Waals surface area contributed by atoms with Gasteiger partial charge in [0.2, 0.25) is 0 Å². The van der Waals surface area contributed by atoms with Crippen molar-refractivity contribution in [3.8, 4) is 0 Å². The van der Waals surface area contributed by atoms with Gasteiger partial charge < -0.3 is 15.9 Å². The molecule has 1 aliphatic carbocycles. The van der Waals surface area contributed by atoms with E-state index >= 15 is 0 Å². The minimum atomic E-state index is -0.988. The Morgan fingerprint density at radius 2 is 2.17 bits per heavy atom. The van der Waals surface area contributed by atoms with E-state index in [1.807, 2.05) is 0 Å². The number of carbonyl (C=O) groups is 1. The Labute approximate surface area is 71.4 Å². The molecule has 0 radical (unpaired) electrons. The van der Waals surface area contributed by atoms with Crippen molar-refractivity contribution >= 4 is 5.97 Å². The van der Waals surface area contributed by atoms with E-state index in [9.17, 15) is 9.90 Å². The number of aliphatic carboxylic acids is 1. The van der Waals surface area contributed by atoms with Crippen molar-refractivity contribution in [2.45, 2.75) is 43.7 Å². The zero-order chi connectivity index (χ0) is 9.19. The summed E-state index contributed by atoms with van der Waals surface area (Å²) in [6.45, 7) is 0. The summed E-state index contributed by atoms with van der Waals surface area (Å²) in [6, 6.07) is -0.824. The summed E-state index contributed by atoms with van der Waals surface area (Å²) in [5.41, 5.74) is 4.69. The average molecular weight is 173 g/mol. The van der Waals surface area contributed by atoms with Crippen LogP contribution in [0.5, 0.6) is 0 Å². The van der Waals surface area contributed by atoms with Crippen LogP contribution in [0.25, 0.3) is 0 Å². The van der Waals surface area contributed by atoms with Crippen LogP contribution in [0.2, 0.25) is 0 Å². The van der Waals surface area contributed by atoms with Gasteiger partial charge in [0.15, 0.2) is 0 Å². The molecule has 4 nitrogen and oxygen atoms in total. The molecule has 0 amide bonds. The number of rotatable bonds is 4. The van der Waals surface area contributed by atoms with Crippen molar-refractivity contribution in [1.82, 2.24) is 0 Å². The topological polar surface area (TPSA) is 83.5 Å². The molecule has 12 heavy (non-hydrogen) atoms. The van der Waals surface area contributed by atoms with Crippen LogP contribution in [0.4, 0.5) is 0 Å². The first-order chi connectivity index (χ1) is 5.53. The second-order valence-electron chi connectivity index (χ2n) is 3.56. The molecule has 1 saturated carbocycles. The third kappa shape index (κ3) is 2.19. The first-order valence-corrected chi connectivity index (χ1v) is 4.24. The Morgan fingerprint density at radius 1 is 1.58 bits per heavy atom. The van der Waals surface area contributed by atoms with Crippen LogP contribution in [0.1, 0.15) is 32.1 Å². The molecule has 1 aliphatic rings. The number of carboxylic acids is 1. The van der Waals surface area contributed by atoms with Gasteiger partial charge in [-0.15, -0.1) is 0 Å². The summed E-state index contributed by atoms with van der Waals surface area (Å²) in [7, 11) is 0. The smallest absolute Gasteiger partial charge is 0.320 e. The number of hydrogen-bond acceptors (Lipinski definition) is 3. The monoisotopic (exact) mass is 173 g/mol. The summed E-state index contributed by atoms with van der Waals surface area (Å²) >= 11 is 0. The Bertz CT molecular complexity index is 177. The summed E-state index contributed by atoms with van der Waals surface area (Å²) in [5.74, 6) is -0.988. The molecule has 0 spiro atoms. The highest BCUT2D eigenvalue weighted by Crippen LogP contribution is 2.35. The first kappa shape index (κ1) is 9.48. The summed E-state index contributed by atoms with van der Waals surface area (Å²) in [5, 5.41) is 18.1. The molecule has 0 aromatic carbocycles. The first-order valence-electron chi connectivity index (χ1n) is 4.24. The van der Waals surface area contributed by atoms with Gasteiger partial charge in [-0.1, -0.05) is 0 Å². The zero-order valence-electron chi connectivity index (χ0n) is 6.99. The predicted octanol–water partition coefficient (Wildman–Crippen LogP) is 0.0935. The van der Waals surface area contributed by atoms with E-state index in [0.717, 1.165) is 19.3 Å². The third-order valence-electron chi connectivity index (χ3n) is 2.52. The number of aliphatic hydroxyl groups is 1. The van der Waals surface area contributed by atoms with Gasteiger partial charge in [-0.3, -0.25) is 4.79 Å². The summed E-state index contributed by atoms with van der Waals surface area (Å²) in [6.07, 6.45) is 3.50. The van der Waals surface area contributed by atoms with E-state index in [2.05, 4.69) is 0 Å². The van der Waals surface area contributed by atoms with Crippen LogP contribution < -0.4 is 5.73 Å². The molecule has 1 unspecified atom stereocenters. The lowest BCUT2D eigenvalue weighted by molar-refractivity contribution is -0.139. The molecular formula is C8H15NO3. The van der Waals surface area contributed by atoms with Crippen molar-refractivity contribution in [3.05, 3.63) is 0 Å². The lowest BCUT2D eigenvalue weighted by Crippen LogP contribution is -2.40. The van der Waals surface area contributed by atoms with Crippen LogP contribution in [-0.2, 0) is 4.79 Å². The Hall–Kier alpha value is -0.610. The molecule has 1 atom stereocenters.